The van der Waals surface area contributed by atoms with Gasteiger partial charge in [-0.2, -0.15) is 0 Å². The topological polar surface area (TPSA) is 29.3 Å². The maximum absolute atomic E-state index is 6.05. The first-order valence-electron chi connectivity index (χ1n) is 6.64. The van der Waals surface area contributed by atoms with E-state index < -0.39 is 0 Å². The second-order valence-electron chi connectivity index (χ2n) is 5.86. The van der Waals surface area contributed by atoms with E-state index in [1.807, 2.05) is 0 Å². The highest BCUT2D eigenvalue weighted by Gasteiger charge is 2.28. The van der Waals surface area contributed by atoms with Crippen molar-refractivity contribution in [1.29, 1.82) is 0 Å². The molecule has 0 aromatic rings. The molecule has 2 rings (SSSR count). The Hall–Kier alpha value is -0.0800. The summed E-state index contributed by atoms with van der Waals surface area (Å²) in [7, 11) is 0. The van der Waals surface area contributed by atoms with Gasteiger partial charge in [-0.05, 0) is 37.1 Å². The number of hydrogen-bond donors (Lipinski definition) is 1. The van der Waals surface area contributed by atoms with E-state index in [4.69, 9.17) is 5.73 Å². The summed E-state index contributed by atoms with van der Waals surface area (Å²) < 4.78 is 0. The molecule has 2 aliphatic rings. The number of likely N-dealkylation sites (tertiary alicyclic amines) is 1. The zero-order valence-corrected chi connectivity index (χ0v) is 10.3. The van der Waals surface area contributed by atoms with Gasteiger partial charge in [-0.25, -0.2) is 0 Å². The van der Waals surface area contributed by atoms with Gasteiger partial charge in [-0.15, -0.1) is 0 Å². The summed E-state index contributed by atoms with van der Waals surface area (Å²) in [6, 6.07) is 0.447. The summed E-state index contributed by atoms with van der Waals surface area (Å²) in [5.41, 5.74) is 6.05. The number of nitrogens with two attached hydrogens (primary N) is 1. The third-order valence-corrected chi connectivity index (χ3v) is 4.59. The summed E-state index contributed by atoms with van der Waals surface area (Å²) in [6.07, 6.45) is 5.56. The van der Waals surface area contributed by atoms with Gasteiger partial charge in [0.05, 0.1) is 0 Å². The van der Waals surface area contributed by atoms with Crippen molar-refractivity contribution in [2.75, 3.05) is 19.6 Å². The minimum absolute atomic E-state index is 0.447. The van der Waals surface area contributed by atoms with E-state index in [2.05, 4.69) is 18.7 Å². The van der Waals surface area contributed by atoms with Crippen molar-refractivity contribution in [2.24, 2.45) is 23.5 Å². The number of piperidine rings is 1. The van der Waals surface area contributed by atoms with Crippen LogP contribution in [0.2, 0.25) is 0 Å². The van der Waals surface area contributed by atoms with Crippen LogP contribution in [0.4, 0.5) is 0 Å². The summed E-state index contributed by atoms with van der Waals surface area (Å²) in [5.74, 6) is 2.61. The van der Waals surface area contributed by atoms with Crippen LogP contribution < -0.4 is 5.73 Å². The molecule has 0 aromatic heterocycles. The highest BCUT2D eigenvalue weighted by atomic mass is 15.1. The Morgan fingerprint density at radius 3 is 2.53 bits per heavy atom. The molecule has 4 atom stereocenters. The fraction of sp³-hybridized carbons (Fsp3) is 1.00. The van der Waals surface area contributed by atoms with Gasteiger partial charge in [0, 0.05) is 19.1 Å². The predicted octanol–water partition coefficient (Wildman–Crippen LogP) is 2.09. The first kappa shape index (κ1) is 11.4. The summed E-state index contributed by atoms with van der Waals surface area (Å²) >= 11 is 0. The van der Waals surface area contributed by atoms with Crippen molar-refractivity contribution in [3.63, 3.8) is 0 Å². The lowest BCUT2D eigenvalue weighted by Crippen LogP contribution is -2.47. The largest absolute Gasteiger partial charge is 0.327 e. The Kier molecular flexibility index (Phi) is 3.68. The van der Waals surface area contributed by atoms with E-state index in [0.29, 0.717) is 12.0 Å². The second kappa shape index (κ2) is 4.84. The van der Waals surface area contributed by atoms with Crippen molar-refractivity contribution >= 4 is 0 Å². The van der Waals surface area contributed by atoms with Gasteiger partial charge in [0.25, 0.3) is 0 Å². The van der Waals surface area contributed by atoms with E-state index in [0.717, 1.165) is 11.8 Å². The number of nitrogens with zero attached hydrogens (tertiary/aromatic N) is 1. The SMILES string of the molecule is CC1CN(CC2CCCC2C)CCC1N. The highest BCUT2D eigenvalue weighted by molar-refractivity contribution is 4.83. The fourth-order valence-corrected chi connectivity index (χ4v) is 3.24. The second-order valence-corrected chi connectivity index (χ2v) is 5.86. The fourth-order valence-electron chi connectivity index (χ4n) is 3.24. The van der Waals surface area contributed by atoms with E-state index >= 15 is 0 Å². The van der Waals surface area contributed by atoms with Crippen LogP contribution in [-0.2, 0) is 0 Å². The number of hydrogen-bond acceptors (Lipinski definition) is 2. The molecule has 0 bridgehead atoms. The Morgan fingerprint density at radius 1 is 1.13 bits per heavy atom. The summed E-state index contributed by atoms with van der Waals surface area (Å²) in [4.78, 5) is 2.65. The van der Waals surface area contributed by atoms with Crippen LogP contribution in [-0.4, -0.2) is 30.6 Å². The van der Waals surface area contributed by atoms with Crippen LogP contribution in [0.1, 0.15) is 39.5 Å². The normalized spacial score (nSPS) is 43.4. The van der Waals surface area contributed by atoms with Gasteiger partial charge in [0.1, 0.15) is 0 Å². The molecular formula is C13H26N2. The lowest BCUT2D eigenvalue weighted by atomic mass is 9.92. The van der Waals surface area contributed by atoms with Crippen molar-refractivity contribution in [3.8, 4) is 0 Å². The molecule has 0 amide bonds. The molecule has 2 nitrogen and oxygen atoms in total. The Labute approximate surface area is 94.2 Å². The molecule has 0 aromatic carbocycles. The standard InChI is InChI=1S/C13H26N2/c1-10-4-3-5-12(10)9-15-7-6-13(14)11(2)8-15/h10-13H,3-9,14H2,1-2H3. The average molecular weight is 210 g/mol. The first-order valence-corrected chi connectivity index (χ1v) is 6.64. The molecule has 1 aliphatic carbocycles. The lowest BCUT2D eigenvalue weighted by Gasteiger charge is -2.37. The van der Waals surface area contributed by atoms with Gasteiger partial charge in [-0.3, -0.25) is 0 Å². The van der Waals surface area contributed by atoms with Crippen molar-refractivity contribution in [1.82, 2.24) is 4.90 Å². The van der Waals surface area contributed by atoms with Gasteiger partial charge in [0.2, 0.25) is 0 Å². The molecular weight excluding hydrogens is 184 g/mol. The van der Waals surface area contributed by atoms with Crippen molar-refractivity contribution in [3.05, 3.63) is 0 Å². The van der Waals surface area contributed by atoms with Gasteiger partial charge < -0.3 is 10.6 Å². The number of rotatable bonds is 2. The Bertz CT molecular complexity index is 205. The van der Waals surface area contributed by atoms with Crippen LogP contribution in [0.5, 0.6) is 0 Å². The maximum atomic E-state index is 6.05. The van der Waals surface area contributed by atoms with Crippen LogP contribution in [0.15, 0.2) is 0 Å². The molecule has 1 saturated heterocycles. The van der Waals surface area contributed by atoms with Crippen LogP contribution in [0, 0.1) is 17.8 Å². The van der Waals surface area contributed by atoms with Crippen molar-refractivity contribution < 1.29 is 0 Å². The van der Waals surface area contributed by atoms with Gasteiger partial charge in [-0.1, -0.05) is 26.7 Å². The monoisotopic (exact) mass is 210 g/mol. The van der Waals surface area contributed by atoms with Crippen LogP contribution >= 0.6 is 0 Å². The summed E-state index contributed by atoms with van der Waals surface area (Å²) in [6.45, 7) is 8.52. The molecule has 1 aliphatic heterocycles. The van der Waals surface area contributed by atoms with Gasteiger partial charge >= 0.3 is 0 Å². The maximum Gasteiger partial charge on any atom is 0.00889 e. The lowest BCUT2D eigenvalue weighted by molar-refractivity contribution is 0.134. The van der Waals surface area contributed by atoms with Gasteiger partial charge in [0.15, 0.2) is 0 Å². The molecule has 88 valence electrons. The predicted molar refractivity (Wildman–Crippen MR) is 64.7 cm³/mol. The molecule has 2 N–H and O–H groups in total. The molecule has 1 heterocycles. The van der Waals surface area contributed by atoms with E-state index in [1.54, 1.807) is 0 Å². The molecule has 4 unspecified atom stereocenters. The molecule has 2 heteroatoms. The molecule has 0 radical (unpaired) electrons. The highest BCUT2D eigenvalue weighted by Crippen LogP contribution is 2.32. The Morgan fingerprint density at radius 2 is 1.93 bits per heavy atom. The van der Waals surface area contributed by atoms with Crippen molar-refractivity contribution in [2.45, 2.75) is 45.6 Å². The third kappa shape index (κ3) is 2.73. The molecule has 1 saturated carbocycles. The van der Waals surface area contributed by atoms with E-state index in [1.165, 1.54) is 45.3 Å². The quantitative estimate of drug-likeness (QED) is 0.756. The smallest absolute Gasteiger partial charge is 0.00889 e. The summed E-state index contributed by atoms with van der Waals surface area (Å²) in [5, 5.41) is 0. The first-order chi connectivity index (χ1) is 7.16. The third-order valence-electron chi connectivity index (χ3n) is 4.59. The molecule has 2 fully saturated rings. The van der Waals surface area contributed by atoms with Crippen LogP contribution in [0.3, 0.4) is 0 Å². The minimum Gasteiger partial charge on any atom is -0.327 e. The molecule has 15 heavy (non-hydrogen) atoms. The zero-order chi connectivity index (χ0) is 10.8. The Balaban J connectivity index is 1.80. The van der Waals surface area contributed by atoms with E-state index in [-0.39, 0.29) is 0 Å². The zero-order valence-electron chi connectivity index (χ0n) is 10.3. The van der Waals surface area contributed by atoms with Crippen LogP contribution in [0.25, 0.3) is 0 Å². The average Bonchev–Trinajstić information content (AvgIpc) is 2.59. The van der Waals surface area contributed by atoms with E-state index in [9.17, 15) is 0 Å². The minimum atomic E-state index is 0.447. The molecule has 0 spiro atoms.